The van der Waals surface area contributed by atoms with E-state index in [4.69, 9.17) is 9.47 Å². The number of halogens is 3. The Kier molecular flexibility index (Phi) is 8.60. The van der Waals surface area contributed by atoms with E-state index in [0.717, 1.165) is 13.0 Å². The summed E-state index contributed by atoms with van der Waals surface area (Å²) >= 11 is 0. The number of hydrogen-bond acceptors (Lipinski definition) is 3. The normalized spacial score (nSPS) is 14.1. The summed E-state index contributed by atoms with van der Waals surface area (Å²) in [4.78, 5) is 0. The van der Waals surface area contributed by atoms with Crippen LogP contribution < -0.4 is 5.32 Å². The number of alkyl halides is 3. The topological polar surface area (TPSA) is 30.5 Å². The Bertz CT molecular complexity index is 165. The van der Waals surface area contributed by atoms with Gasteiger partial charge in [0, 0.05) is 20.3 Å². The molecule has 0 rings (SSSR count). The van der Waals surface area contributed by atoms with Gasteiger partial charge in [-0.05, 0) is 19.9 Å². The fraction of sp³-hybridized carbons (Fsp3) is 1.00. The third-order valence-corrected chi connectivity index (χ3v) is 1.92. The van der Waals surface area contributed by atoms with Gasteiger partial charge in [-0.3, -0.25) is 0 Å². The first-order valence-electron chi connectivity index (χ1n) is 5.33. The summed E-state index contributed by atoms with van der Waals surface area (Å²) in [6.07, 6.45) is -4.34. The van der Waals surface area contributed by atoms with Crippen molar-refractivity contribution in [3.63, 3.8) is 0 Å². The van der Waals surface area contributed by atoms with Gasteiger partial charge in [0.1, 0.15) is 0 Å². The summed E-state index contributed by atoms with van der Waals surface area (Å²) in [6, 6.07) is 0. The standard InChI is InChI=1S/C10H20F3NO2/c1-9(8-14-5-3-6-15-2)16-7-4-10(11,12)13/h9,14H,3-8H2,1-2H3. The molecule has 0 aromatic heterocycles. The summed E-state index contributed by atoms with van der Waals surface area (Å²) in [5, 5.41) is 3.08. The molecule has 98 valence electrons. The molecule has 0 heterocycles. The van der Waals surface area contributed by atoms with E-state index in [1.807, 2.05) is 0 Å². The van der Waals surface area contributed by atoms with Crippen LogP contribution in [0.25, 0.3) is 0 Å². The molecule has 1 atom stereocenters. The summed E-state index contributed by atoms with van der Waals surface area (Å²) in [5.41, 5.74) is 0. The van der Waals surface area contributed by atoms with Gasteiger partial charge < -0.3 is 14.8 Å². The second-order valence-corrected chi connectivity index (χ2v) is 3.60. The molecule has 0 saturated heterocycles. The van der Waals surface area contributed by atoms with Crippen molar-refractivity contribution in [1.29, 1.82) is 0 Å². The quantitative estimate of drug-likeness (QED) is 0.628. The average Bonchev–Trinajstić information content (AvgIpc) is 2.15. The van der Waals surface area contributed by atoms with E-state index in [-0.39, 0.29) is 12.7 Å². The molecule has 1 N–H and O–H groups in total. The first kappa shape index (κ1) is 15.7. The van der Waals surface area contributed by atoms with Crippen LogP contribution >= 0.6 is 0 Å². The van der Waals surface area contributed by atoms with E-state index in [1.54, 1.807) is 14.0 Å². The molecule has 0 aromatic carbocycles. The largest absolute Gasteiger partial charge is 0.391 e. The van der Waals surface area contributed by atoms with E-state index in [9.17, 15) is 13.2 Å². The van der Waals surface area contributed by atoms with Crippen LogP contribution in [0.15, 0.2) is 0 Å². The zero-order chi connectivity index (χ0) is 12.4. The second-order valence-electron chi connectivity index (χ2n) is 3.60. The van der Waals surface area contributed by atoms with Crippen LogP contribution in [-0.4, -0.2) is 45.7 Å². The van der Waals surface area contributed by atoms with Crippen LogP contribution in [-0.2, 0) is 9.47 Å². The SMILES string of the molecule is COCCCNCC(C)OCCC(F)(F)F. The predicted molar refractivity (Wildman–Crippen MR) is 55.4 cm³/mol. The Morgan fingerprint density at radius 2 is 1.94 bits per heavy atom. The first-order valence-corrected chi connectivity index (χ1v) is 5.33. The van der Waals surface area contributed by atoms with Crippen molar-refractivity contribution in [2.75, 3.05) is 33.4 Å². The summed E-state index contributed by atoms with van der Waals surface area (Å²) < 4.78 is 45.2. The first-order chi connectivity index (χ1) is 7.45. The third-order valence-electron chi connectivity index (χ3n) is 1.92. The molecule has 1 unspecified atom stereocenters. The van der Waals surface area contributed by atoms with Crippen LogP contribution in [0, 0.1) is 0 Å². The Morgan fingerprint density at radius 3 is 2.50 bits per heavy atom. The second kappa shape index (κ2) is 8.78. The van der Waals surface area contributed by atoms with E-state index >= 15 is 0 Å². The molecule has 6 heteroatoms. The fourth-order valence-corrected chi connectivity index (χ4v) is 1.08. The zero-order valence-electron chi connectivity index (χ0n) is 9.77. The highest BCUT2D eigenvalue weighted by molar-refractivity contribution is 4.57. The van der Waals surface area contributed by atoms with E-state index in [2.05, 4.69) is 5.32 Å². The minimum atomic E-state index is -4.13. The molecule has 0 spiro atoms. The molecule has 0 fully saturated rings. The Morgan fingerprint density at radius 1 is 1.25 bits per heavy atom. The Hall–Kier alpha value is -0.330. The van der Waals surface area contributed by atoms with Crippen molar-refractivity contribution in [2.45, 2.75) is 32.0 Å². The molecule has 0 aliphatic rings. The molecular weight excluding hydrogens is 223 g/mol. The summed E-state index contributed by atoms with van der Waals surface area (Å²) in [5.74, 6) is 0. The van der Waals surface area contributed by atoms with Gasteiger partial charge in [0.15, 0.2) is 0 Å². The molecule has 3 nitrogen and oxygen atoms in total. The molecule has 0 aliphatic heterocycles. The third kappa shape index (κ3) is 11.7. The lowest BCUT2D eigenvalue weighted by molar-refractivity contribution is -0.148. The molecule has 0 aromatic rings. The van der Waals surface area contributed by atoms with Crippen LogP contribution in [0.1, 0.15) is 19.8 Å². The molecule has 0 amide bonds. The Labute approximate surface area is 94.3 Å². The smallest absolute Gasteiger partial charge is 0.385 e. The van der Waals surface area contributed by atoms with Crippen molar-refractivity contribution < 1.29 is 22.6 Å². The minimum Gasteiger partial charge on any atom is -0.385 e. The Balaban J connectivity index is 3.28. The van der Waals surface area contributed by atoms with Crippen LogP contribution in [0.4, 0.5) is 13.2 Å². The predicted octanol–water partition coefficient (Wildman–Crippen LogP) is 1.97. The van der Waals surface area contributed by atoms with Gasteiger partial charge in [0.2, 0.25) is 0 Å². The zero-order valence-corrected chi connectivity index (χ0v) is 9.77. The number of methoxy groups -OCH3 is 1. The molecular formula is C10H20F3NO2. The van der Waals surface area contributed by atoms with Crippen molar-refractivity contribution >= 4 is 0 Å². The maximum Gasteiger partial charge on any atom is 0.391 e. The molecule has 0 saturated carbocycles. The van der Waals surface area contributed by atoms with E-state index in [0.29, 0.717) is 13.2 Å². The van der Waals surface area contributed by atoms with Crippen molar-refractivity contribution in [3.8, 4) is 0 Å². The minimum absolute atomic E-state index is 0.204. The van der Waals surface area contributed by atoms with Crippen LogP contribution in [0.2, 0.25) is 0 Å². The van der Waals surface area contributed by atoms with Gasteiger partial charge in [-0.25, -0.2) is 0 Å². The molecule has 0 radical (unpaired) electrons. The molecule has 16 heavy (non-hydrogen) atoms. The van der Waals surface area contributed by atoms with Crippen LogP contribution in [0.3, 0.4) is 0 Å². The van der Waals surface area contributed by atoms with E-state index in [1.165, 1.54) is 0 Å². The van der Waals surface area contributed by atoms with Crippen molar-refractivity contribution in [3.05, 3.63) is 0 Å². The highest BCUT2D eigenvalue weighted by Crippen LogP contribution is 2.19. The maximum atomic E-state index is 11.8. The highest BCUT2D eigenvalue weighted by Gasteiger charge is 2.26. The number of hydrogen-bond donors (Lipinski definition) is 1. The van der Waals surface area contributed by atoms with Crippen molar-refractivity contribution in [2.24, 2.45) is 0 Å². The van der Waals surface area contributed by atoms with Crippen LogP contribution in [0.5, 0.6) is 0 Å². The molecule has 0 bridgehead atoms. The lowest BCUT2D eigenvalue weighted by Crippen LogP contribution is -2.29. The maximum absolute atomic E-state index is 11.8. The summed E-state index contributed by atoms with van der Waals surface area (Å²) in [6.45, 7) is 3.49. The highest BCUT2D eigenvalue weighted by atomic mass is 19.4. The molecule has 0 aliphatic carbocycles. The van der Waals surface area contributed by atoms with E-state index < -0.39 is 12.6 Å². The van der Waals surface area contributed by atoms with Gasteiger partial charge in [0.25, 0.3) is 0 Å². The average molecular weight is 243 g/mol. The van der Waals surface area contributed by atoms with Gasteiger partial charge in [-0.2, -0.15) is 13.2 Å². The lowest BCUT2D eigenvalue weighted by atomic mass is 10.3. The van der Waals surface area contributed by atoms with Gasteiger partial charge in [-0.1, -0.05) is 0 Å². The summed E-state index contributed by atoms with van der Waals surface area (Å²) in [7, 11) is 1.63. The number of nitrogens with one attached hydrogen (secondary N) is 1. The lowest BCUT2D eigenvalue weighted by Gasteiger charge is -2.14. The number of ether oxygens (including phenoxy) is 2. The number of rotatable bonds is 9. The fourth-order valence-electron chi connectivity index (χ4n) is 1.08. The monoisotopic (exact) mass is 243 g/mol. The van der Waals surface area contributed by atoms with Gasteiger partial charge in [-0.15, -0.1) is 0 Å². The van der Waals surface area contributed by atoms with Gasteiger partial charge in [0.05, 0.1) is 19.1 Å². The van der Waals surface area contributed by atoms with Crippen molar-refractivity contribution in [1.82, 2.24) is 5.32 Å². The van der Waals surface area contributed by atoms with Gasteiger partial charge >= 0.3 is 6.18 Å².